The molecule has 110 valence electrons. The van der Waals surface area contributed by atoms with Gasteiger partial charge in [-0.15, -0.1) is 0 Å². The lowest BCUT2D eigenvalue weighted by molar-refractivity contribution is 0.0903. The maximum absolute atomic E-state index is 12.2. The predicted molar refractivity (Wildman–Crippen MR) is 80.6 cm³/mol. The third-order valence-corrected chi connectivity index (χ3v) is 4.27. The minimum absolute atomic E-state index is 0.0407. The predicted octanol–water partition coefficient (Wildman–Crippen LogP) is 2.60. The molecule has 0 spiro atoms. The molecule has 0 bridgehead atoms. The minimum atomic E-state index is -0.0407. The maximum Gasteiger partial charge on any atom is 0.251 e. The second-order valence-corrected chi connectivity index (χ2v) is 5.76. The van der Waals surface area contributed by atoms with Crippen LogP contribution in [0, 0.1) is 5.41 Å². The van der Waals surface area contributed by atoms with Crippen LogP contribution in [0.3, 0.4) is 0 Å². The van der Waals surface area contributed by atoms with Gasteiger partial charge in [0.25, 0.3) is 5.91 Å². The van der Waals surface area contributed by atoms with E-state index >= 15 is 0 Å². The van der Waals surface area contributed by atoms with Gasteiger partial charge in [0.05, 0.1) is 0 Å². The van der Waals surface area contributed by atoms with Gasteiger partial charge in [-0.25, -0.2) is 0 Å². The van der Waals surface area contributed by atoms with Crippen molar-refractivity contribution < 1.29 is 9.53 Å². The van der Waals surface area contributed by atoms with Gasteiger partial charge in [0.15, 0.2) is 0 Å². The van der Waals surface area contributed by atoms with Gasteiger partial charge in [0.2, 0.25) is 0 Å². The Morgan fingerprint density at radius 1 is 1.40 bits per heavy atom. The van der Waals surface area contributed by atoms with E-state index in [4.69, 9.17) is 10.5 Å². The van der Waals surface area contributed by atoms with Crippen molar-refractivity contribution in [3.8, 4) is 0 Å². The first-order valence-corrected chi connectivity index (χ1v) is 7.28. The third kappa shape index (κ3) is 3.73. The van der Waals surface area contributed by atoms with Gasteiger partial charge in [-0.1, -0.05) is 18.9 Å². The van der Waals surface area contributed by atoms with Crippen LogP contribution in [-0.2, 0) is 4.74 Å². The molecule has 1 saturated carbocycles. The van der Waals surface area contributed by atoms with Crippen LogP contribution < -0.4 is 11.1 Å². The second kappa shape index (κ2) is 6.75. The van der Waals surface area contributed by atoms with Crippen molar-refractivity contribution in [2.24, 2.45) is 5.41 Å². The molecule has 4 nitrogen and oxygen atoms in total. The van der Waals surface area contributed by atoms with E-state index in [9.17, 15) is 4.79 Å². The summed E-state index contributed by atoms with van der Waals surface area (Å²) in [7, 11) is 1.73. The second-order valence-electron chi connectivity index (χ2n) is 5.76. The fourth-order valence-corrected chi connectivity index (χ4v) is 3.01. The van der Waals surface area contributed by atoms with Gasteiger partial charge < -0.3 is 15.8 Å². The summed E-state index contributed by atoms with van der Waals surface area (Å²) in [6.07, 6.45) is 5.86. The van der Waals surface area contributed by atoms with Crippen molar-refractivity contribution in [2.75, 3.05) is 26.0 Å². The average Bonchev–Trinajstić information content (AvgIpc) is 2.92. The van der Waals surface area contributed by atoms with Crippen LogP contribution >= 0.6 is 0 Å². The quantitative estimate of drug-likeness (QED) is 0.785. The molecular formula is C16H24N2O2. The number of nitrogens with two attached hydrogens (primary N) is 1. The Hall–Kier alpha value is -1.55. The summed E-state index contributed by atoms with van der Waals surface area (Å²) in [5.74, 6) is -0.0407. The first-order valence-electron chi connectivity index (χ1n) is 7.28. The SMILES string of the molecule is COCCC1(CNC(=O)c2cccc(N)c2)CCCC1. The largest absolute Gasteiger partial charge is 0.399 e. The van der Waals surface area contributed by atoms with Gasteiger partial charge >= 0.3 is 0 Å². The number of benzene rings is 1. The minimum Gasteiger partial charge on any atom is -0.399 e. The summed E-state index contributed by atoms with van der Waals surface area (Å²) >= 11 is 0. The summed E-state index contributed by atoms with van der Waals surface area (Å²) in [5.41, 5.74) is 7.17. The summed E-state index contributed by atoms with van der Waals surface area (Å²) < 4.78 is 5.21. The number of methoxy groups -OCH3 is 1. The van der Waals surface area contributed by atoms with E-state index < -0.39 is 0 Å². The zero-order valence-corrected chi connectivity index (χ0v) is 12.2. The number of hydrogen-bond donors (Lipinski definition) is 2. The van der Waals surface area contributed by atoms with E-state index in [1.54, 1.807) is 31.4 Å². The Kier molecular flexibility index (Phi) is 5.01. The van der Waals surface area contributed by atoms with Crippen LogP contribution in [0.2, 0.25) is 0 Å². The molecule has 1 aliphatic carbocycles. The highest BCUT2D eigenvalue weighted by atomic mass is 16.5. The van der Waals surface area contributed by atoms with E-state index in [1.807, 2.05) is 0 Å². The molecule has 20 heavy (non-hydrogen) atoms. The summed E-state index contributed by atoms with van der Waals surface area (Å²) in [6.45, 7) is 1.48. The molecule has 0 radical (unpaired) electrons. The molecule has 1 amide bonds. The summed E-state index contributed by atoms with van der Waals surface area (Å²) in [6, 6.07) is 7.10. The maximum atomic E-state index is 12.2. The molecule has 1 aromatic carbocycles. The molecule has 0 aromatic heterocycles. The van der Waals surface area contributed by atoms with Gasteiger partial charge in [-0.05, 0) is 42.9 Å². The highest BCUT2D eigenvalue weighted by Crippen LogP contribution is 2.40. The van der Waals surface area contributed by atoms with E-state index in [-0.39, 0.29) is 11.3 Å². The number of carbonyl (C=O) groups is 1. The molecule has 3 N–H and O–H groups in total. The zero-order chi connectivity index (χ0) is 14.4. The Morgan fingerprint density at radius 2 is 2.15 bits per heavy atom. The van der Waals surface area contributed by atoms with E-state index in [1.165, 1.54) is 25.7 Å². The molecule has 1 aromatic rings. The van der Waals surface area contributed by atoms with Gasteiger partial charge in [0.1, 0.15) is 0 Å². The number of amides is 1. The standard InChI is InChI=1S/C16H24N2O2/c1-20-10-9-16(7-2-3-8-16)12-18-15(19)13-5-4-6-14(17)11-13/h4-6,11H,2-3,7-10,12,17H2,1H3,(H,18,19). The number of rotatable bonds is 6. The van der Waals surface area contributed by atoms with Crippen molar-refractivity contribution in [2.45, 2.75) is 32.1 Å². The Morgan fingerprint density at radius 3 is 2.80 bits per heavy atom. The van der Waals surface area contributed by atoms with Gasteiger partial charge in [-0.3, -0.25) is 4.79 Å². The molecule has 0 heterocycles. The van der Waals surface area contributed by atoms with Crippen molar-refractivity contribution in [1.29, 1.82) is 0 Å². The van der Waals surface area contributed by atoms with Crippen molar-refractivity contribution in [1.82, 2.24) is 5.32 Å². The van der Waals surface area contributed by atoms with Crippen LogP contribution in [0.25, 0.3) is 0 Å². The van der Waals surface area contributed by atoms with Crippen molar-refractivity contribution in [3.63, 3.8) is 0 Å². The van der Waals surface area contributed by atoms with Crippen LogP contribution in [0.5, 0.6) is 0 Å². The first-order chi connectivity index (χ1) is 9.65. The third-order valence-electron chi connectivity index (χ3n) is 4.27. The fourth-order valence-electron chi connectivity index (χ4n) is 3.01. The lowest BCUT2D eigenvalue weighted by Gasteiger charge is -2.29. The number of hydrogen-bond acceptors (Lipinski definition) is 3. The smallest absolute Gasteiger partial charge is 0.251 e. The highest BCUT2D eigenvalue weighted by molar-refractivity contribution is 5.95. The van der Waals surface area contributed by atoms with Crippen LogP contribution in [0.1, 0.15) is 42.5 Å². The number of anilines is 1. The Bertz CT molecular complexity index is 454. The molecular weight excluding hydrogens is 252 g/mol. The lowest BCUT2D eigenvalue weighted by atomic mass is 9.83. The van der Waals surface area contributed by atoms with Gasteiger partial charge in [-0.2, -0.15) is 0 Å². The summed E-state index contributed by atoms with van der Waals surface area (Å²) in [5, 5.41) is 3.07. The van der Waals surface area contributed by atoms with E-state index in [0.29, 0.717) is 11.3 Å². The van der Waals surface area contributed by atoms with Gasteiger partial charge in [0, 0.05) is 31.5 Å². The number of nitrogens with one attached hydrogen (secondary N) is 1. The van der Waals surface area contributed by atoms with E-state index in [0.717, 1.165) is 19.6 Å². The normalized spacial score (nSPS) is 17.1. The monoisotopic (exact) mass is 276 g/mol. The Balaban J connectivity index is 1.94. The first kappa shape index (κ1) is 14.9. The average molecular weight is 276 g/mol. The number of carbonyl (C=O) groups excluding carboxylic acids is 1. The zero-order valence-electron chi connectivity index (χ0n) is 12.2. The highest BCUT2D eigenvalue weighted by Gasteiger charge is 2.33. The number of ether oxygens (including phenoxy) is 1. The summed E-state index contributed by atoms with van der Waals surface area (Å²) in [4.78, 5) is 12.2. The van der Waals surface area contributed by atoms with E-state index in [2.05, 4.69) is 5.32 Å². The molecule has 1 fully saturated rings. The van der Waals surface area contributed by atoms with Crippen molar-refractivity contribution in [3.05, 3.63) is 29.8 Å². The molecule has 0 aliphatic heterocycles. The molecule has 4 heteroatoms. The fraction of sp³-hybridized carbons (Fsp3) is 0.562. The van der Waals surface area contributed by atoms with Crippen molar-refractivity contribution >= 4 is 11.6 Å². The molecule has 0 saturated heterocycles. The molecule has 0 unspecified atom stereocenters. The van der Waals surface area contributed by atoms with Crippen LogP contribution in [0.15, 0.2) is 24.3 Å². The van der Waals surface area contributed by atoms with Crippen LogP contribution in [0.4, 0.5) is 5.69 Å². The molecule has 0 atom stereocenters. The number of nitrogen functional groups attached to an aromatic ring is 1. The molecule has 1 aliphatic rings. The molecule has 2 rings (SSSR count). The lowest BCUT2D eigenvalue weighted by Crippen LogP contribution is -2.36. The van der Waals surface area contributed by atoms with Crippen LogP contribution in [-0.4, -0.2) is 26.2 Å². The Labute approximate surface area is 120 Å². The topological polar surface area (TPSA) is 64.3 Å².